The number of ether oxygens (including phenoxy) is 1. The number of hydrogen-bond acceptors (Lipinski definition) is 4. The first-order valence-electron chi connectivity index (χ1n) is 8.83. The average Bonchev–Trinajstić information content (AvgIpc) is 2.62. The SMILES string of the molecule is CCC[C@H](C)NC(=O)C1CCN(S(=O)(=O)c2ccc(OC)cc2)CC1. The number of nitrogens with zero attached hydrogens (tertiary/aromatic N) is 1. The monoisotopic (exact) mass is 368 g/mol. The van der Waals surface area contributed by atoms with Crippen molar-refractivity contribution in [1.29, 1.82) is 0 Å². The zero-order valence-electron chi connectivity index (χ0n) is 15.2. The van der Waals surface area contributed by atoms with Crippen molar-refractivity contribution < 1.29 is 17.9 Å². The molecule has 0 saturated carbocycles. The fourth-order valence-corrected chi connectivity index (χ4v) is 4.59. The Hall–Kier alpha value is -1.60. The van der Waals surface area contributed by atoms with E-state index in [0.29, 0.717) is 31.7 Å². The standard InChI is InChI=1S/C18H28N2O4S/c1-4-5-14(2)19-18(21)15-10-12-20(13-11-15)25(22,23)17-8-6-16(24-3)7-9-17/h6-9,14-15H,4-5,10-13H2,1-3H3,(H,19,21)/t14-/m0/s1. The van der Waals surface area contributed by atoms with E-state index in [2.05, 4.69) is 12.2 Å². The van der Waals surface area contributed by atoms with Gasteiger partial charge in [0, 0.05) is 25.0 Å². The molecule has 1 N–H and O–H groups in total. The molecular formula is C18H28N2O4S. The normalized spacial score (nSPS) is 17.9. The summed E-state index contributed by atoms with van der Waals surface area (Å²) in [6.07, 6.45) is 3.09. The van der Waals surface area contributed by atoms with Crippen LogP contribution in [0, 0.1) is 5.92 Å². The smallest absolute Gasteiger partial charge is 0.243 e. The van der Waals surface area contributed by atoms with Crippen molar-refractivity contribution in [3.8, 4) is 5.75 Å². The van der Waals surface area contributed by atoms with E-state index in [4.69, 9.17) is 4.74 Å². The van der Waals surface area contributed by atoms with E-state index in [1.165, 1.54) is 4.31 Å². The van der Waals surface area contributed by atoms with Crippen LogP contribution in [0.2, 0.25) is 0 Å². The lowest BCUT2D eigenvalue weighted by atomic mass is 9.96. The molecule has 1 amide bonds. The Balaban J connectivity index is 1.95. The minimum absolute atomic E-state index is 0.0439. The average molecular weight is 368 g/mol. The first-order valence-corrected chi connectivity index (χ1v) is 10.3. The molecular weight excluding hydrogens is 340 g/mol. The van der Waals surface area contributed by atoms with Gasteiger partial charge < -0.3 is 10.1 Å². The van der Waals surface area contributed by atoms with Crippen LogP contribution < -0.4 is 10.1 Å². The number of methoxy groups -OCH3 is 1. The molecule has 1 saturated heterocycles. The molecule has 0 aliphatic carbocycles. The summed E-state index contributed by atoms with van der Waals surface area (Å²) >= 11 is 0. The maximum Gasteiger partial charge on any atom is 0.243 e. The topological polar surface area (TPSA) is 75.7 Å². The Morgan fingerprint density at radius 2 is 1.88 bits per heavy atom. The lowest BCUT2D eigenvalue weighted by molar-refractivity contribution is -0.126. The summed E-state index contributed by atoms with van der Waals surface area (Å²) in [5.41, 5.74) is 0. The lowest BCUT2D eigenvalue weighted by Gasteiger charge is -2.31. The summed E-state index contributed by atoms with van der Waals surface area (Å²) in [5.74, 6) is 0.555. The summed E-state index contributed by atoms with van der Waals surface area (Å²) in [7, 11) is -1.98. The maximum absolute atomic E-state index is 12.7. The highest BCUT2D eigenvalue weighted by Gasteiger charge is 2.32. The van der Waals surface area contributed by atoms with Gasteiger partial charge in [0.2, 0.25) is 15.9 Å². The summed E-state index contributed by atoms with van der Waals surface area (Å²) in [6.45, 7) is 4.83. The van der Waals surface area contributed by atoms with Gasteiger partial charge in [-0.1, -0.05) is 13.3 Å². The second-order valence-corrected chi connectivity index (χ2v) is 8.49. The van der Waals surface area contributed by atoms with E-state index in [-0.39, 0.29) is 22.8 Å². The van der Waals surface area contributed by atoms with Crippen LogP contribution in [-0.2, 0) is 14.8 Å². The predicted octanol–water partition coefficient (Wildman–Crippen LogP) is 2.40. The molecule has 2 rings (SSSR count). The molecule has 1 aromatic rings. The fraction of sp³-hybridized carbons (Fsp3) is 0.611. The Morgan fingerprint density at radius 3 is 2.40 bits per heavy atom. The first-order chi connectivity index (χ1) is 11.9. The highest BCUT2D eigenvalue weighted by atomic mass is 32.2. The number of hydrogen-bond donors (Lipinski definition) is 1. The molecule has 25 heavy (non-hydrogen) atoms. The number of benzene rings is 1. The molecule has 1 aromatic carbocycles. The molecule has 0 bridgehead atoms. The van der Waals surface area contributed by atoms with Gasteiger partial charge >= 0.3 is 0 Å². The van der Waals surface area contributed by atoms with Crippen molar-refractivity contribution in [3.05, 3.63) is 24.3 Å². The van der Waals surface area contributed by atoms with Gasteiger partial charge in [0.1, 0.15) is 5.75 Å². The van der Waals surface area contributed by atoms with Gasteiger partial charge in [0.25, 0.3) is 0 Å². The summed E-state index contributed by atoms with van der Waals surface area (Å²) in [4.78, 5) is 12.5. The highest BCUT2D eigenvalue weighted by molar-refractivity contribution is 7.89. The van der Waals surface area contributed by atoms with Crippen molar-refractivity contribution in [3.63, 3.8) is 0 Å². The third-order valence-electron chi connectivity index (χ3n) is 4.63. The number of carbonyl (C=O) groups excluding carboxylic acids is 1. The largest absolute Gasteiger partial charge is 0.497 e. The van der Waals surface area contributed by atoms with E-state index >= 15 is 0 Å². The van der Waals surface area contributed by atoms with Gasteiger partial charge in [-0.3, -0.25) is 4.79 Å². The number of rotatable bonds is 7. The van der Waals surface area contributed by atoms with Crippen molar-refractivity contribution in [2.24, 2.45) is 5.92 Å². The Kier molecular flexibility index (Phi) is 6.84. The van der Waals surface area contributed by atoms with Crippen LogP contribution >= 0.6 is 0 Å². The molecule has 1 heterocycles. The summed E-state index contributed by atoms with van der Waals surface area (Å²) in [5, 5.41) is 3.03. The van der Waals surface area contributed by atoms with Crippen LogP contribution in [0.1, 0.15) is 39.5 Å². The number of amides is 1. The molecule has 1 atom stereocenters. The zero-order chi connectivity index (χ0) is 18.4. The second kappa shape index (κ2) is 8.67. The molecule has 1 aliphatic rings. The second-order valence-electron chi connectivity index (χ2n) is 6.55. The molecule has 0 radical (unpaired) electrons. The van der Waals surface area contributed by atoms with Crippen LogP contribution in [-0.4, -0.2) is 44.9 Å². The first kappa shape index (κ1) is 19.7. The van der Waals surface area contributed by atoms with E-state index in [1.54, 1.807) is 31.4 Å². The molecule has 1 aliphatic heterocycles. The van der Waals surface area contributed by atoms with Crippen LogP contribution in [0.5, 0.6) is 5.75 Å². The Bertz CT molecular complexity index is 665. The molecule has 0 aromatic heterocycles. The van der Waals surface area contributed by atoms with Crippen molar-refractivity contribution in [2.75, 3.05) is 20.2 Å². The van der Waals surface area contributed by atoms with Crippen LogP contribution in [0.4, 0.5) is 0 Å². The van der Waals surface area contributed by atoms with Gasteiger partial charge in [0.15, 0.2) is 0 Å². The lowest BCUT2D eigenvalue weighted by Crippen LogP contribution is -2.44. The summed E-state index contributed by atoms with van der Waals surface area (Å²) < 4.78 is 32.0. The quantitative estimate of drug-likeness (QED) is 0.802. The number of sulfonamides is 1. The summed E-state index contributed by atoms with van der Waals surface area (Å²) in [6, 6.07) is 6.56. The molecule has 7 heteroatoms. The van der Waals surface area contributed by atoms with E-state index in [9.17, 15) is 13.2 Å². The minimum atomic E-state index is -3.52. The third kappa shape index (κ3) is 4.95. The molecule has 1 fully saturated rings. The van der Waals surface area contributed by atoms with Gasteiger partial charge in [-0.05, 0) is 50.5 Å². The minimum Gasteiger partial charge on any atom is -0.497 e. The molecule has 140 valence electrons. The molecule has 6 nitrogen and oxygen atoms in total. The van der Waals surface area contributed by atoms with Crippen LogP contribution in [0.15, 0.2) is 29.2 Å². The molecule has 0 spiro atoms. The fourth-order valence-electron chi connectivity index (χ4n) is 3.12. The molecule has 0 unspecified atom stereocenters. The number of carbonyl (C=O) groups is 1. The number of piperidine rings is 1. The van der Waals surface area contributed by atoms with Gasteiger partial charge in [0.05, 0.1) is 12.0 Å². The third-order valence-corrected chi connectivity index (χ3v) is 6.55. The van der Waals surface area contributed by atoms with Crippen molar-refractivity contribution in [1.82, 2.24) is 9.62 Å². The van der Waals surface area contributed by atoms with E-state index in [0.717, 1.165) is 12.8 Å². The van der Waals surface area contributed by atoms with E-state index in [1.807, 2.05) is 6.92 Å². The van der Waals surface area contributed by atoms with Crippen LogP contribution in [0.25, 0.3) is 0 Å². The Morgan fingerprint density at radius 1 is 1.28 bits per heavy atom. The van der Waals surface area contributed by atoms with Crippen LogP contribution in [0.3, 0.4) is 0 Å². The van der Waals surface area contributed by atoms with Crippen molar-refractivity contribution in [2.45, 2.75) is 50.5 Å². The Labute approximate surface area is 150 Å². The maximum atomic E-state index is 12.7. The van der Waals surface area contributed by atoms with E-state index < -0.39 is 10.0 Å². The zero-order valence-corrected chi connectivity index (χ0v) is 16.0. The number of nitrogens with one attached hydrogen (secondary N) is 1. The predicted molar refractivity (Wildman–Crippen MR) is 97.0 cm³/mol. The van der Waals surface area contributed by atoms with Gasteiger partial charge in [-0.2, -0.15) is 4.31 Å². The highest BCUT2D eigenvalue weighted by Crippen LogP contribution is 2.25. The van der Waals surface area contributed by atoms with Crippen molar-refractivity contribution >= 4 is 15.9 Å². The van der Waals surface area contributed by atoms with Gasteiger partial charge in [-0.15, -0.1) is 0 Å². The van der Waals surface area contributed by atoms with Gasteiger partial charge in [-0.25, -0.2) is 8.42 Å².